The lowest BCUT2D eigenvalue weighted by atomic mass is 9.82. The number of ether oxygens (including phenoxy) is 1. The topological polar surface area (TPSA) is 21.3 Å². The van der Waals surface area contributed by atoms with Gasteiger partial charge >= 0.3 is 0 Å². The molecule has 2 heteroatoms. The molecule has 1 unspecified atom stereocenters. The molecule has 1 aromatic rings. The molecule has 1 rings (SSSR count). The Morgan fingerprint density at radius 2 is 1.86 bits per heavy atom. The van der Waals surface area contributed by atoms with Crippen molar-refractivity contribution in [2.75, 3.05) is 13.7 Å². The van der Waals surface area contributed by atoms with Crippen molar-refractivity contribution in [3.05, 3.63) is 28.8 Å². The van der Waals surface area contributed by atoms with Gasteiger partial charge in [0.1, 0.15) is 5.75 Å². The van der Waals surface area contributed by atoms with Crippen molar-refractivity contribution in [3.63, 3.8) is 0 Å². The standard InChI is InChI=1S/C19H33NO/c1-8-11-20-18(19(4,5)6)10-9-16-15(3)12-14(2)13-17(16)21-7/h12-13,18,20H,8-11H2,1-7H3. The SMILES string of the molecule is CCCNC(CCc1c(C)cc(C)cc1OC)C(C)(C)C. The Morgan fingerprint density at radius 3 is 2.38 bits per heavy atom. The highest BCUT2D eigenvalue weighted by Gasteiger charge is 2.24. The van der Waals surface area contributed by atoms with Gasteiger partial charge in [0.2, 0.25) is 0 Å². The largest absolute Gasteiger partial charge is 0.496 e. The van der Waals surface area contributed by atoms with Crippen molar-refractivity contribution in [2.45, 2.75) is 66.8 Å². The normalized spacial score (nSPS) is 13.3. The number of rotatable bonds is 7. The minimum Gasteiger partial charge on any atom is -0.496 e. The maximum absolute atomic E-state index is 5.59. The molecule has 0 bridgehead atoms. The number of hydrogen-bond donors (Lipinski definition) is 1. The summed E-state index contributed by atoms with van der Waals surface area (Å²) in [7, 11) is 1.77. The van der Waals surface area contributed by atoms with Crippen LogP contribution in [-0.2, 0) is 6.42 Å². The zero-order chi connectivity index (χ0) is 16.0. The van der Waals surface area contributed by atoms with E-state index < -0.39 is 0 Å². The van der Waals surface area contributed by atoms with Gasteiger partial charge in [0.05, 0.1) is 7.11 Å². The summed E-state index contributed by atoms with van der Waals surface area (Å²) in [5, 5.41) is 3.71. The molecule has 1 N–H and O–H groups in total. The average molecular weight is 291 g/mol. The Labute approximate surface area is 131 Å². The second-order valence-corrected chi connectivity index (χ2v) is 7.17. The first-order valence-corrected chi connectivity index (χ1v) is 8.17. The van der Waals surface area contributed by atoms with E-state index in [2.05, 4.69) is 59.0 Å². The maximum Gasteiger partial charge on any atom is 0.122 e. The van der Waals surface area contributed by atoms with E-state index in [4.69, 9.17) is 4.74 Å². The van der Waals surface area contributed by atoms with Gasteiger partial charge < -0.3 is 10.1 Å². The first-order chi connectivity index (χ1) is 9.79. The molecular weight excluding hydrogens is 258 g/mol. The van der Waals surface area contributed by atoms with Gasteiger partial charge in [0, 0.05) is 6.04 Å². The van der Waals surface area contributed by atoms with Gasteiger partial charge in [0.15, 0.2) is 0 Å². The fraction of sp³-hybridized carbons (Fsp3) is 0.684. The fourth-order valence-electron chi connectivity index (χ4n) is 2.91. The third-order valence-corrected chi connectivity index (χ3v) is 4.17. The minimum absolute atomic E-state index is 0.279. The van der Waals surface area contributed by atoms with E-state index in [1.165, 1.54) is 23.1 Å². The fourth-order valence-corrected chi connectivity index (χ4v) is 2.91. The van der Waals surface area contributed by atoms with Crippen molar-refractivity contribution in [1.82, 2.24) is 5.32 Å². The Hall–Kier alpha value is -1.02. The van der Waals surface area contributed by atoms with Gasteiger partial charge in [-0.1, -0.05) is 33.8 Å². The number of aryl methyl sites for hydroxylation is 2. The molecule has 0 saturated carbocycles. The van der Waals surface area contributed by atoms with Crippen LogP contribution in [0.2, 0.25) is 0 Å². The van der Waals surface area contributed by atoms with Crippen LogP contribution in [-0.4, -0.2) is 19.7 Å². The van der Waals surface area contributed by atoms with E-state index in [1.807, 2.05) is 0 Å². The average Bonchev–Trinajstić information content (AvgIpc) is 2.38. The highest BCUT2D eigenvalue weighted by atomic mass is 16.5. The highest BCUT2D eigenvalue weighted by molar-refractivity contribution is 5.43. The molecule has 0 saturated heterocycles. The van der Waals surface area contributed by atoms with Crippen LogP contribution in [0.3, 0.4) is 0 Å². The van der Waals surface area contributed by atoms with Crippen LogP contribution in [0.5, 0.6) is 5.75 Å². The lowest BCUT2D eigenvalue weighted by molar-refractivity contribution is 0.254. The molecule has 1 atom stereocenters. The van der Waals surface area contributed by atoms with E-state index in [9.17, 15) is 0 Å². The number of benzene rings is 1. The number of hydrogen-bond acceptors (Lipinski definition) is 2. The van der Waals surface area contributed by atoms with Gasteiger partial charge in [-0.05, 0) is 67.8 Å². The Balaban J connectivity index is 2.85. The molecule has 0 amide bonds. The molecule has 120 valence electrons. The molecule has 0 heterocycles. The van der Waals surface area contributed by atoms with Crippen LogP contribution < -0.4 is 10.1 Å². The molecule has 0 radical (unpaired) electrons. The minimum atomic E-state index is 0.279. The van der Waals surface area contributed by atoms with Crippen LogP contribution in [0.15, 0.2) is 12.1 Å². The quantitative estimate of drug-likeness (QED) is 0.789. The van der Waals surface area contributed by atoms with Crippen molar-refractivity contribution in [3.8, 4) is 5.75 Å². The van der Waals surface area contributed by atoms with Crippen LogP contribution in [0.25, 0.3) is 0 Å². The van der Waals surface area contributed by atoms with Crippen molar-refractivity contribution < 1.29 is 4.74 Å². The van der Waals surface area contributed by atoms with Gasteiger partial charge in [-0.25, -0.2) is 0 Å². The molecule has 0 aliphatic carbocycles. The van der Waals surface area contributed by atoms with Crippen LogP contribution in [0, 0.1) is 19.3 Å². The summed E-state index contributed by atoms with van der Waals surface area (Å²) in [6.45, 7) is 14.6. The molecule has 21 heavy (non-hydrogen) atoms. The van der Waals surface area contributed by atoms with E-state index >= 15 is 0 Å². The van der Waals surface area contributed by atoms with Gasteiger partial charge in [-0.15, -0.1) is 0 Å². The molecule has 0 aliphatic rings. The molecule has 0 fully saturated rings. The molecule has 1 aromatic carbocycles. The monoisotopic (exact) mass is 291 g/mol. The lowest BCUT2D eigenvalue weighted by Crippen LogP contribution is -2.41. The summed E-state index contributed by atoms with van der Waals surface area (Å²) in [4.78, 5) is 0. The second kappa shape index (κ2) is 7.84. The summed E-state index contributed by atoms with van der Waals surface area (Å²) in [5.74, 6) is 1.04. The van der Waals surface area contributed by atoms with Gasteiger partial charge in [0.25, 0.3) is 0 Å². The van der Waals surface area contributed by atoms with Crippen LogP contribution in [0.1, 0.15) is 57.2 Å². The summed E-state index contributed by atoms with van der Waals surface area (Å²) < 4.78 is 5.59. The number of nitrogens with one attached hydrogen (secondary N) is 1. The number of methoxy groups -OCH3 is 1. The Bertz CT molecular complexity index is 446. The summed E-state index contributed by atoms with van der Waals surface area (Å²) in [5.41, 5.74) is 4.25. The summed E-state index contributed by atoms with van der Waals surface area (Å²) in [6.07, 6.45) is 3.39. The molecular formula is C19H33NO. The first kappa shape index (κ1) is 18.0. The van der Waals surface area contributed by atoms with Gasteiger partial charge in [-0.3, -0.25) is 0 Å². The predicted molar refractivity (Wildman–Crippen MR) is 92.3 cm³/mol. The smallest absolute Gasteiger partial charge is 0.122 e. The van der Waals surface area contributed by atoms with Crippen LogP contribution >= 0.6 is 0 Å². The zero-order valence-corrected chi connectivity index (χ0v) is 15.0. The molecule has 0 aliphatic heterocycles. The van der Waals surface area contributed by atoms with Crippen molar-refractivity contribution in [2.24, 2.45) is 5.41 Å². The summed E-state index contributed by atoms with van der Waals surface area (Å²) in [6, 6.07) is 4.93. The third kappa shape index (κ3) is 5.35. The lowest BCUT2D eigenvalue weighted by Gasteiger charge is -2.32. The van der Waals surface area contributed by atoms with E-state index in [1.54, 1.807) is 7.11 Å². The summed E-state index contributed by atoms with van der Waals surface area (Å²) >= 11 is 0. The molecule has 2 nitrogen and oxygen atoms in total. The van der Waals surface area contributed by atoms with Crippen molar-refractivity contribution >= 4 is 0 Å². The molecule has 0 spiro atoms. The molecule has 0 aromatic heterocycles. The predicted octanol–water partition coefficient (Wildman–Crippen LogP) is 4.66. The van der Waals surface area contributed by atoms with Crippen LogP contribution in [0.4, 0.5) is 0 Å². The third-order valence-electron chi connectivity index (χ3n) is 4.17. The second-order valence-electron chi connectivity index (χ2n) is 7.17. The van der Waals surface area contributed by atoms with E-state index in [0.29, 0.717) is 6.04 Å². The van der Waals surface area contributed by atoms with Gasteiger partial charge in [-0.2, -0.15) is 0 Å². The maximum atomic E-state index is 5.59. The first-order valence-electron chi connectivity index (χ1n) is 8.17. The Kier molecular flexibility index (Phi) is 6.73. The zero-order valence-electron chi connectivity index (χ0n) is 15.0. The Morgan fingerprint density at radius 1 is 1.19 bits per heavy atom. The van der Waals surface area contributed by atoms with Crippen molar-refractivity contribution in [1.29, 1.82) is 0 Å². The van der Waals surface area contributed by atoms with E-state index in [-0.39, 0.29) is 5.41 Å². The highest BCUT2D eigenvalue weighted by Crippen LogP contribution is 2.29. The van der Waals surface area contributed by atoms with E-state index in [0.717, 1.165) is 25.1 Å².